The van der Waals surface area contributed by atoms with E-state index in [1.54, 1.807) is 40.8 Å². The molecule has 4 aliphatic heterocycles. The number of aliphatic hydroxyl groups excluding tert-OH is 1. The molecule has 1 N–H and O–H groups in total. The van der Waals surface area contributed by atoms with E-state index in [2.05, 4.69) is 34.0 Å². The van der Waals surface area contributed by atoms with Crippen molar-refractivity contribution in [3.05, 3.63) is 25.3 Å². The van der Waals surface area contributed by atoms with Gasteiger partial charge in [-0.1, -0.05) is 28.1 Å². The van der Waals surface area contributed by atoms with Gasteiger partial charge in [0.1, 0.15) is 6.04 Å². The van der Waals surface area contributed by atoms with Crippen molar-refractivity contribution in [3.63, 3.8) is 0 Å². The summed E-state index contributed by atoms with van der Waals surface area (Å²) in [5.74, 6) is -1.27. The zero-order chi connectivity index (χ0) is 27.4. The van der Waals surface area contributed by atoms with E-state index in [0.29, 0.717) is 58.7 Å². The predicted octanol–water partition coefficient (Wildman–Crippen LogP) is 1.21. The normalized spacial score (nSPS) is 32.3. The Hall–Kier alpha value is -1.40. The SMILES string of the molecule is C=CCN(C)C(=O)[C@H]1[C@@H]2SC3(CC2Br)C(C(=O)N(CC=C)CCN2CCOCC2)N(CCCCO)C(=O)[C@H]13. The van der Waals surface area contributed by atoms with Crippen LogP contribution in [0.15, 0.2) is 25.3 Å². The molecule has 1 spiro atoms. The lowest BCUT2D eigenvalue weighted by atomic mass is 9.70. The Morgan fingerprint density at radius 2 is 1.89 bits per heavy atom. The topological polar surface area (TPSA) is 93.6 Å². The fourth-order valence-corrected chi connectivity index (χ4v) is 10.2. The van der Waals surface area contributed by atoms with Gasteiger partial charge in [-0.2, -0.15) is 0 Å². The molecule has 3 unspecified atom stereocenters. The first-order valence-corrected chi connectivity index (χ1v) is 15.4. The molecule has 212 valence electrons. The molecule has 0 radical (unpaired) electrons. The van der Waals surface area contributed by atoms with E-state index in [0.717, 1.165) is 19.6 Å². The fraction of sp³-hybridized carbons (Fsp3) is 0.741. The second kappa shape index (κ2) is 12.8. The van der Waals surface area contributed by atoms with Crippen molar-refractivity contribution < 1.29 is 24.2 Å². The number of hydrogen-bond donors (Lipinski definition) is 1. The minimum absolute atomic E-state index is 0.0328. The molecule has 4 rings (SSSR count). The number of aliphatic hydroxyl groups is 1. The number of rotatable bonds is 13. The van der Waals surface area contributed by atoms with Gasteiger partial charge in [0.2, 0.25) is 17.7 Å². The summed E-state index contributed by atoms with van der Waals surface area (Å²) < 4.78 is 4.80. The second-order valence-corrected chi connectivity index (χ2v) is 13.4. The molecule has 9 nitrogen and oxygen atoms in total. The lowest BCUT2D eigenvalue weighted by molar-refractivity contribution is -0.144. The molecule has 6 atom stereocenters. The molecule has 0 aromatic carbocycles. The van der Waals surface area contributed by atoms with Crippen molar-refractivity contribution in [1.29, 1.82) is 0 Å². The zero-order valence-corrected chi connectivity index (χ0v) is 24.7. The van der Waals surface area contributed by atoms with E-state index in [4.69, 9.17) is 4.74 Å². The molecular formula is C27H41BrN4O5S. The van der Waals surface area contributed by atoms with Gasteiger partial charge in [0.15, 0.2) is 0 Å². The van der Waals surface area contributed by atoms with E-state index >= 15 is 0 Å². The smallest absolute Gasteiger partial charge is 0.247 e. The third-order valence-corrected chi connectivity index (χ3v) is 11.6. The minimum Gasteiger partial charge on any atom is -0.396 e. The summed E-state index contributed by atoms with van der Waals surface area (Å²) in [4.78, 5) is 49.6. The number of likely N-dealkylation sites (tertiary alicyclic amines) is 1. The number of morpholine rings is 1. The maximum atomic E-state index is 14.4. The van der Waals surface area contributed by atoms with Crippen molar-refractivity contribution in [2.24, 2.45) is 11.8 Å². The molecule has 11 heteroatoms. The van der Waals surface area contributed by atoms with Gasteiger partial charge >= 0.3 is 0 Å². The number of thioether (sulfide) groups is 1. The Morgan fingerprint density at radius 1 is 1.18 bits per heavy atom. The maximum absolute atomic E-state index is 14.4. The average Bonchev–Trinajstić information content (AvgIpc) is 3.50. The number of likely N-dealkylation sites (N-methyl/N-ethyl adjacent to an activating group) is 1. The summed E-state index contributed by atoms with van der Waals surface area (Å²) in [5, 5.41) is 9.32. The van der Waals surface area contributed by atoms with Gasteiger partial charge in [-0.15, -0.1) is 24.9 Å². The quantitative estimate of drug-likeness (QED) is 0.190. The molecule has 2 bridgehead atoms. The Balaban J connectivity index is 1.65. The van der Waals surface area contributed by atoms with E-state index in [1.165, 1.54) is 0 Å². The molecule has 4 heterocycles. The lowest BCUT2D eigenvalue weighted by Crippen LogP contribution is -2.56. The highest BCUT2D eigenvalue weighted by Crippen LogP contribution is 2.68. The highest BCUT2D eigenvalue weighted by Gasteiger charge is 2.75. The summed E-state index contributed by atoms with van der Waals surface area (Å²) >= 11 is 5.48. The number of ether oxygens (including phenoxy) is 1. The summed E-state index contributed by atoms with van der Waals surface area (Å²) in [6, 6.07) is -0.652. The van der Waals surface area contributed by atoms with E-state index in [9.17, 15) is 19.5 Å². The summed E-state index contributed by atoms with van der Waals surface area (Å²) in [6.07, 6.45) is 5.24. The Morgan fingerprint density at radius 3 is 2.55 bits per heavy atom. The van der Waals surface area contributed by atoms with Gasteiger partial charge in [0.25, 0.3) is 0 Å². The number of nitrogens with zero attached hydrogens (tertiary/aromatic N) is 4. The van der Waals surface area contributed by atoms with Gasteiger partial charge in [0, 0.05) is 69.5 Å². The van der Waals surface area contributed by atoms with E-state index in [1.807, 2.05) is 4.90 Å². The van der Waals surface area contributed by atoms with Crippen molar-refractivity contribution >= 4 is 45.4 Å². The van der Waals surface area contributed by atoms with Crippen molar-refractivity contribution in [2.75, 3.05) is 72.7 Å². The van der Waals surface area contributed by atoms with E-state index < -0.39 is 22.6 Å². The molecule has 4 saturated heterocycles. The van der Waals surface area contributed by atoms with Crippen LogP contribution in [-0.2, 0) is 19.1 Å². The number of alkyl halides is 1. The van der Waals surface area contributed by atoms with Crippen LogP contribution < -0.4 is 0 Å². The van der Waals surface area contributed by atoms with Crippen LogP contribution >= 0.6 is 27.7 Å². The largest absolute Gasteiger partial charge is 0.396 e. The number of amides is 3. The van der Waals surface area contributed by atoms with Gasteiger partial charge in [-0.05, 0) is 19.3 Å². The number of hydrogen-bond acceptors (Lipinski definition) is 7. The Kier molecular flexibility index (Phi) is 10.00. The molecule has 0 aliphatic carbocycles. The van der Waals surface area contributed by atoms with Crippen LogP contribution in [0.25, 0.3) is 0 Å². The zero-order valence-electron chi connectivity index (χ0n) is 22.3. The van der Waals surface area contributed by atoms with Crippen molar-refractivity contribution in [2.45, 2.75) is 40.1 Å². The standard InChI is InChI=1S/C27H41BrN4O5S/c1-4-8-29(3)24(34)20-21-25(35)32(10-6-7-15-33)23(27(21)18-19(28)22(20)38-27)26(36)31(9-5-2)12-11-30-13-16-37-17-14-30/h4-5,19-23,33H,1-2,6-18H2,3H3/t19?,20-,21+,22-,23?,27?/m1/s1. The molecule has 0 aromatic heterocycles. The van der Waals surface area contributed by atoms with Crippen molar-refractivity contribution in [1.82, 2.24) is 19.6 Å². The molecule has 38 heavy (non-hydrogen) atoms. The first-order chi connectivity index (χ1) is 18.3. The van der Waals surface area contributed by atoms with Crippen LogP contribution in [0, 0.1) is 11.8 Å². The Labute approximate surface area is 238 Å². The molecule has 3 amide bonds. The van der Waals surface area contributed by atoms with Crippen LogP contribution in [0.5, 0.6) is 0 Å². The van der Waals surface area contributed by atoms with Gasteiger partial charge < -0.3 is 24.5 Å². The molecule has 4 fully saturated rings. The molecule has 0 aromatic rings. The average molecular weight is 614 g/mol. The maximum Gasteiger partial charge on any atom is 0.247 e. The monoisotopic (exact) mass is 612 g/mol. The van der Waals surface area contributed by atoms with E-state index in [-0.39, 0.29) is 34.4 Å². The minimum atomic E-state index is -0.667. The lowest BCUT2D eigenvalue weighted by Gasteiger charge is -2.39. The van der Waals surface area contributed by atoms with Crippen molar-refractivity contribution in [3.8, 4) is 0 Å². The van der Waals surface area contributed by atoms with Gasteiger partial charge in [0.05, 0.1) is 29.8 Å². The highest BCUT2D eigenvalue weighted by atomic mass is 79.9. The Bertz CT molecular complexity index is 918. The third-order valence-electron chi connectivity index (χ3n) is 8.35. The first kappa shape index (κ1) is 29.6. The van der Waals surface area contributed by atoms with Crippen LogP contribution in [0.4, 0.5) is 0 Å². The number of halogens is 1. The second-order valence-electron chi connectivity index (χ2n) is 10.7. The number of fused-ring (bicyclic) bond motifs is 1. The predicted molar refractivity (Wildman–Crippen MR) is 152 cm³/mol. The molecular weight excluding hydrogens is 572 g/mol. The van der Waals surface area contributed by atoms with Gasteiger partial charge in [-0.25, -0.2) is 0 Å². The van der Waals surface area contributed by atoms with Crippen LogP contribution in [0.2, 0.25) is 0 Å². The van der Waals surface area contributed by atoms with Crippen LogP contribution in [-0.4, -0.2) is 136 Å². The van der Waals surface area contributed by atoms with Gasteiger partial charge in [-0.3, -0.25) is 19.3 Å². The van der Waals surface area contributed by atoms with Crippen LogP contribution in [0.3, 0.4) is 0 Å². The molecule has 0 saturated carbocycles. The summed E-state index contributed by atoms with van der Waals surface area (Å²) in [6.45, 7) is 13.2. The number of carbonyl (C=O) groups is 3. The summed E-state index contributed by atoms with van der Waals surface area (Å²) in [7, 11) is 1.75. The summed E-state index contributed by atoms with van der Waals surface area (Å²) in [5.41, 5.74) is 0. The third kappa shape index (κ3) is 5.46. The highest BCUT2D eigenvalue weighted by molar-refractivity contribution is 9.09. The van der Waals surface area contributed by atoms with Crippen LogP contribution in [0.1, 0.15) is 19.3 Å². The fourth-order valence-electron chi connectivity index (χ4n) is 6.57. The number of carbonyl (C=O) groups excluding carboxylic acids is 3. The molecule has 4 aliphatic rings. The number of unbranched alkanes of at least 4 members (excludes halogenated alkanes) is 1. The first-order valence-electron chi connectivity index (χ1n) is 13.6.